The highest BCUT2D eigenvalue weighted by molar-refractivity contribution is 7.90. The van der Waals surface area contributed by atoms with Crippen LogP contribution in [-0.2, 0) is 24.2 Å². The molecule has 122 valence electrons. The zero-order valence-corrected chi connectivity index (χ0v) is 13.8. The molecule has 0 fully saturated rings. The van der Waals surface area contributed by atoms with Gasteiger partial charge in [-0.15, -0.1) is 0 Å². The normalized spacial score (nSPS) is 11.0. The zero-order valence-electron chi connectivity index (χ0n) is 12.2. The van der Waals surface area contributed by atoms with Crippen molar-refractivity contribution in [1.82, 2.24) is 0 Å². The van der Waals surface area contributed by atoms with E-state index < -0.39 is 15.7 Å². The van der Waals surface area contributed by atoms with Crippen molar-refractivity contribution in [2.45, 2.75) is 6.42 Å². The summed E-state index contributed by atoms with van der Waals surface area (Å²) in [6.07, 6.45) is 0.928. The van der Waals surface area contributed by atoms with Crippen LogP contribution in [0.25, 0.3) is 0 Å². The van der Waals surface area contributed by atoms with E-state index >= 15 is 0 Å². The van der Waals surface area contributed by atoms with Crippen molar-refractivity contribution in [2.75, 3.05) is 36.4 Å². The average Bonchev–Trinajstić information content (AvgIpc) is 2.39. The summed E-state index contributed by atoms with van der Waals surface area (Å²) in [7, 11) is -1.79. The summed E-state index contributed by atoms with van der Waals surface area (Å²) >= 11 is 6.00. The lowest BCUT2D eigenvalue weighted by Gasteiger charge is -2.10. The third-order valence-corrected chi connectivity index (χ3v) is 3.76. The van der Waals surface area contributed by atoms with E-state index in [4.69, 9.17) is 11.6 Å². The fourth-order valence-corrected chi connectivity index (χ4v) is 2.30. The molecule has 2 N–H and O–H groups in total. The molecule has 0 saturated carbocycles. The molecule has 0 unspecified atom stereocenters. The minimum absolute atomic E-state index is 0.0969. The molecule has 22 heavy (non-hydrogen) atoms. The molecule has 0 aliphatic rings. The number of halogens is 1. The predicted octanol–water partition coefficient (Wildman–Crippen LogP) is 1.30. The molecule has 0 aromatic heterocycles. The number of ether oxygens (including phenoxy) is 1. The summed E-state index contributed by atoms with van der Waals surface area (Å²) in [4.78, 5) is 23.0. The van der Waals surface area contributed by atoms with Gasteiger partial charge in [0.2, 0.25) is 11.8 Å². The van der Waals surface area contributed by atoms with Gasteiger partial charge in [0.25, 0.3) is 0 Å². The molecule has 9 heteroatoms. The first-order valence-corrected chi connectivity index (χ1v) is 8.71. The van der Waals surface area contributed by atoms with Crippen molar-refractivity contribution in [3.05, 3.63) is 23.2 Å². The van der Waals surface area contributed by atoms with E-state index in [1.54, 1.807) is 6.07 Å². The van der Waals surface area contributed by atoms with Gasteiger partial charge in [0.1, 0.15) is 16.4 Å². The monoisotopic (exact) mass is 348 g/mol. The molecule has 1 aromatic carbocycles. The van der Waals surface area contributed by atoms with Gasteiger partial charge in [0, 0.05) is 25.5 Å². The maximum Gasteiger partial charge on any atom is 0.250 e. The number of carbonyl (C=O) groups excluding carboxylic acids is 2. The Kier molecular flexibility index (Phi) is 6.79. The summed E-state index contributed by atoms with van der Waals surface area (Å²) in [5.41, 5.74) is 0.797. The van der Waals surface area contributed by atoms with Crippen LogP contribution < -0.4 is 10.6 Å². The van der Waals surface area contributed by atoms with Gasteiger partial charge in [-0.05, 0) is 18.2 Å². The SMILES string of the molecule is COCC(=O)Nc1ccc(NC(=O)CCS(C)(=O)=O)cc1Cl. The fraction of sp³-hybridized carbons (Fsp3) is 0.385. The van der Waals surface area contributed by atoms with Gasteiger partial charge in [-0.1, -0.05) is 11.6 Å². The molecule has 0 spiro atoms. The third-order valence-electron chi connectivity index (χ3n) is 2.50. The van der Waals surface area contributed by atoms with Gasteiger partial charge in [-0.3, -0.25) is 9.59 Å². The topological polar surface area (TPSA) is 102 Å². The van der Waals surface area contributed by atoms with Crippen LogP contribution in [0, 0.1) is 0 Å². The van der Waals surface area contributed by atoms with Crippen LogP contribution in [0.4, 0.5) is 11.4 Å². The summed E-state index contributed by atoms with van der Waals surface area (Å²) < 4.78 is 26.7. The molecule has 0 heterocycles. The van der Waals surface area contributed by atoms with Gasteiger partial charge in [0.05, 0.1) is 16.5 Å². The number of hydrogen-bond donors (Lipinski definition) is 2. The van der Waals surface area contributed by atoms with Gasteiger partial charge in [0.15, 0.2) is 0 Å². The van der Waals surface area contributed by atoms with Gasteiger partial charge in [-0.25, -0.2) is 8.42 Å². The number of methoxy groups -OCH3 is 1. The quantitative estimate of drug-likeness (QED) is 0.773. The van der Waals surface area contributed by atoms with Crippen molar-refractivity contribution in [2.24, 2.45) is 0 Å². The van der Waals surface area contributed by atoms with E-state index in [0.717, 1.165) is 6.26 Å². The average molecular weight is 349 g/mol. The number of rotatable bonds is 7. The van der Waals surface area contributed by atoms with Crippen molar-refractivity contribution in [3.63, 3.8) is 0 Å². The van der Waals surface area contributed by atoms with Crippen LogP contribution in [0.5, 0.6) is 0 Å². The Morgan fingerprint density at radius 2 is 1.91 bits per heavy atom. The van der Waals surface area contributed by atoms with Gasteiger partial charge < -0.3 is 15.4 Å². The Labute approximate surface area is 133 Å². The number of amides is 2. The number of carbonyl (C=O) groups is 2. The van der Waals surface area contributed by atoms with Crippen LogP contribution in [0.2, 0.25) is 5.02 Å². The highest BCUT2D eigenvalue weighted by atomic mass is 35.5. The molecule has 1 aromatic rings. The van der Waals surface area contributed by atoms with Crippen LogP contribution in [-0.4, -0.2) is 46.0 Å². The maximum absolute atomic E-state index is 11.6. The van der Waals surface area contributed by atoms with E-state index in [2.05, 4.69) is 15.4 Å². The van der Waals surface area contributed by atoms with Gasteiger partial charge >= 0.3 is 0 Å². The lowest BCUT2D eigenvalue weighted by molar-refractivity contribution is -0.119. The molecule has 0 bridgehead atoms. The molecular weight excluding hydrogens is 332 g/mol. The minimum atomic E-state index is -3.19. The highest BCUT2D eigenvalue weighted by Gasteiger charge is 2.10. The molecule has 0 aliphatic carbocycles. The first-order chi connectivity index (χ1) is 10.2. The molecule has 0 saturated heterocycles. The van der Waals surface area contributed by atoms with Gasteiger partial charge in [-0.2, -0.15) is 0 Å². The molecule has 2 amide bonds. The van der Waals surface area contributed by atoms with Crippen molar-refractivity contribution >= 4 is 44.6 Å². The first kappa shape index (κ1) is 18.4. The number of anilines is 2. The molecule has 0 aliphatic heterocycles. The number of benzene rings is 1. The summed E-state index contributed by atoms with van der Waals surface area (Å²) in [5.74, 6) is -1.01. The predicted molar refractivity (Wildman–Crippen MR) is 84.9 cm³/mol. The van der Waals surface area contributed by atoms with Crippen LogP contribution in [0.3, 0.4) is 0 Å². The Morgan fingerprint density at radius 1 is 1.23 bits per heavy atom. The number of sulfone groups is 1. The second-order valence-corrected chi connectivity index (χ2v) is 7.27. The number of hydrogen-bond acceptors (Lipinski definition) is 5. The molecule has 1 rings (SSSR count). The summed E-state index contributed by atoms with van der Waals surface area (Å²) in [5, 5.41) is 5.33. The fourth-order valence-electron chi connectivity index (χ4n) is 1.51. The second kappa shape index (κ2) is 8.11. The largest absolute Gasteiger partial charge is 0.375 e. The lowest BCUT2D eigenvalue weighted by atomic mass is 10.2. The van der Waals surface area contributed by atoms with E-state index in [1.165, 1.54) is 19.2 Å². The molecule has 0 atom stereocenters. The summed E-state index contributed by atoms with van der Waals surface area (Å²) in [6, 6.07) is 4.54. The standard InChI is InChI=1S/C13H17ClN2O5S/c1-21-8-13(18)16-11-4-3-9(7-10(11)14)15-12(17)5-6-22(2,19)20/h3-4,7H,5-6,8H2,1-2H3,(H,15,17)(H,16,18). The molecule has 0 radical (unpaired) electrons. The van der Waals surface area contributed by atoms with Crippen molar-refractivity contribution in [1.29, 1.82) is 0 Å². The maximum atomic E-state index is 11.6. The highest BCUT2D eigenvalue weighted by Crippen LogP contribution is 2.25. The third kappa shape index (κ3) is 6.88. The van der Waals surface area contributed by atoms with E-state index in [0.29, 0.717) is 11.4 Å². The Balaban J connectivity index is 2.65. The molecular formula is C13H17ClN2O5S. The van der Waals surface area contributed by atoms with Crippen LogP contribution in [0.15, 0.2) is 18.2 Å². The van der Waals surface area contributed by atoms with Crippen LogP contribution >= 0.6 is 11.6 Å². The number of nitrogens with one attached hydrogen (secondary N) is 2. The smallest absolute Gasteiger partial charge is 0.250 e. The second-order valence-electron chi connectivity index (χ2n) is 4.60. The Bertz CT molecular complexity index is 660. The lowest BCUT2D eigenvalue weighted by Crippen LogP contribution is -2.18. The first-order valence-electron chi connectivity index (χ1n) is 6.27. The van der Waals surface area contributed by atoms with Crippen molar-refractivity contribution < 1.29 is 22.7 Å². The van der Waals surface area contributed by atoms with E-state index in [-0.39, 0.29) is 29.7 Å². The van der Waals surface area contributed by atoms with Crippen molar-refractivity contribution in [3.8, 4) is 0 Å². The minimum Gasteiger partial charge on any atom is -0.375 e. The summed E-state index contributed by atoms with van der Waals surface area (Å²) in [6.45, 7) is -0.0969. The zero-order chi connectivity index (χ0) is 16.8. The molecule has 7 nitrogen and oxygen atoms in total. The Morgan fingerprint density at radius 3 is 2.45 bits per heavy atom. The van der Waals surface area contributed by atoms with E-state index in [1.807, 2.05) is 0 Å². The van der Waals surface area contributed by atoms with Crippen LogP contribution in [0.1, 0.15) is 6.42 Å². The Hall–Kier alpha value is -1.64. The van der Waals surface area contributed by atoms with E-state index in [9.17, 15) is 18.0 Å².